The predicted octanol–water partition coefficient (Wildman–Crippen LogP) is 5.38. The van der Waals surface area contributed by atoms with Gasteiger partial charge < -0.3 is 20.3 Å². The van der Waals surface area contributed by atoms with Crippen LogP contribution in [-0.2, 0) is 12.7 Å². The summed E-state index contributed by atoms with van der Waals surface area (Å²) in [5.41, 5.74) is 6.52. The van der Waals surface area contributed by atoms with Gasteiger partial charge >= 0.3 is 12.3 Å². The van der Waals surface area contributed by atoms with Crippen LogP contribution >= 0.6 is 11.6 Å². The van der Waals surface area contributed by atoms with E-state index in [0.717, 1.165) is 37.8 Å². The van der Waals surface area contributed by atoms with Crippen molar-refractivity contribution in [3.63, 3.8) is 0 Å². The number of benzene rings is 1. The Morgan fingerprint density at radius 2 is 1.97 bits per heavy atom. The van der Waals surface area contributed by atoms with Gasteiger partial charge in [0.25, 0.3) is 0 Å². The van der Waals surface area contributed by atoms with E-state index in [-0.39, 0.29) is 30.2 Å². The van der Waals surface area contributed by atoms with Crippen molar-refractivity contribution in [1.82, 2.24) is 24.4 Å². The van der Waals surface area contributed by atoms with Gasteiger partial charge in [-0.25, -0.2) is 9.78 Å². The highest BCUT2D eigenvalue weighted by Crippen LogP contribution is 2.36. The van der Waals surface area contributed by atoms with Gasteiger partial charge in [-0.1, -0.05) is 12.1 Å². The van der Waals surface area contributed by atoms with E-state index < -0.39 is 17.8 Å². The topological polar surface area (TPSA) is 110 Å². The monoisotopic (exact) mass is 496 g/mol. The molecule has 0 atom stereocenters. The van der Waals surface area contributed by atoms with Crippen LogP contribution in [0.25, 0.3) is 11.2 Å². The molecule has 1 aliphatic carbocycles. The van der Waals surface area contributed by atoms with Crippen molar-refractivity contribution in [2.24, 2.45) is 5.92 Å². The summed E-state index contributed by atoms with van der Waals surface area (Å²) in [7, 11) is 0. The van der Waals surface area contributed by atoms with Gasteiger partial charge in [0.05, 0.1) is 11.9 Å². The number of carboxylic acid groups (broad SMARTS) is 1. The summed E-state index contributed by atoms with van der Waals surface area (Å²) < 4.78 is 40.8. The van der Waals surface area contributed by atoms with Crippen molar-refractivity contribution < 1.29 is 23.1 Å². The van der Waals surface area contributed by atoms with Crippen LogP contribution < -0.4 is 5.73 Å². The molecule has 1 saturated carbocycles. The Balaban J connectivity index is 1.34. The minimum Gasteiger partial charge on any atom is -0.465 e. The van der Waals surface area contributed by atoms with E-state index >= 15 is 0 Å². The molecule has 1 fully saturated rings. The number of carbonyl (C=O) groups is 1. The lowest BCUT2D eigenvalue weighted by Crippen LogP contribution is -2.31. The molecule has 8 nitrogen and oxygen atoms in total. The first kappa shape index (κ1) is 24.1. The fraction of sp³-hybridized carbons (Fsp3) is 0.455. The average molecular weight is 497 g/mol. The Kier molecular flexibility index (Phi) is 6.83. The molecule has 0 aliphatic heterocycles. The lowest BCUT2D eigenvalue weighted by molar-refractivity contribution is -0.137. The average Bonchev–Trinajstić information content (AvgIpc) is 3.20. The number of hydrogen-bond donors (Lipinski definition) is 2. The Labute approximate surface area is 198 Å². The molecule has 4 rings (SSSR count). The zero-order valence-electron chi connectivity index (χ0n) is 18.2. The SMILES string of the molecule is Nc1nc(Cl)nc2c1ncn2C1CCC(CCN(Cc2cccc(C(F)(F)F)c2)C(=O)O)CC1. The maximum atomic E-state index is 13.0. The van der Waals surface area contributed by atoms with Crippen molar-refractivity contribution in [2.45, 2.75) is 50.9 Å². The van der Waals surface area contributed by atoms with Gasteiger partial charge in [-0.2, -0.15) is 23.1 Å². The number of fused-ring (bicyclic) bond motifs is 1. The lowest BCUT2D eigenvalue weighted by atomic mass is 9.84. The summed E-state index contributed by atoms with van der Waals surface area (Å²) in [6, 6.07) is 4.95. The van der Waals surface area contributed by atoms with Gasteiger partial charge in [0.15, 0.2) is 11.5 Å². The molecule has 0 unspecified atom stereocenters. The number of nitrogen functional groups attached to an aromatic ring is 1. The van der Waals surface area contributed by atoms with E-state index in [1.807, 2.05) is 4.57 Å². The first-order valence-electron chi connectivity index (χ1n) is 10.9. The van der Waals surface area contributed by atoms with E-state index in [4.69, 9.17) is 17.3 Å². The number of nitrogens with zero attached hydrogens (tertiary/aromatic N) is 5. The molecular formula is C22H24ClF3N6O2. The first-order valence-corrected chi connectivity index (χ1v) is 11.3. The summed E-state index contributed by atoms with van der Waals surface area (Å²) in [6.45, 7) is 0.172. The molecule has 0 spiro atoms. The first-order chi connectivity index (χ1) is 16.1. The van der Waals surface area contributed by atoms with Gasteiger partial charge in [-0.15, -0.1) is 0 Å². The quantitative estimate of drug-likeness (QED) is 0.443. The number of amides is 1. The van der Waals surface area contributed by atoms with Crippen LogP contribution in [0, 0.1) is 5.92 Å². The molecule has 3 N–H and O–H groups in total. The third kappa shape index (κ3) is 5.35. The lowest BCUT2D eigenvalue weighted by Gasteiger charge is -2.30. The van der Waals surface area contributed by atoms with E-state index in [0.29, 0.717) is 29.1 Å². The van der Waals surface area contributed by atoms with Crippen molar-refractivity contribution in [2.75, 3.05) is 12.3 Å². The molecule has 1 aliphatic rings. The number of halogens is 4. The zero-order chi connectivity index (χ0) is 24.5. The van der Waals surface area contributed by atoms with Crippen molar-refractivity contribution in [3.8, 4) is 0 Å². The molecule has 0 radical (unpaired) electrons. The number of imidazole rings is 1. The molecule has 1 amide bonds. The Hall–Kier alpha value is -3.08. The number of anilines is 1. The van der Waals surface area contributed by atoms with Gasteiger partial charge in [0, 0.05) is 19.1 Å². The second-order valence-corrected chi connectivity index (χ2v) is 8.91. The Morgan fingerprint density at radius 3 is 2.65 bits per heavy atom. The van der Waals surface area contributed by atoms with Crippen LogP contribution in [0.1, 0.15) is 49.3 Å². The van der Waals surface area contributed by atoms with E-state index in [2.05, 4.69) is 15.0 Å². The van der Waals surface area contributed by atoms with E-state index in [9.17, 15) is 23.1 Å². The maximum absolute atomic E-state index is 13.0. The second-order valence-electron chi connectivity index (χ2n) is 8.57. The van der Waals surface area contributed by atoms with Crippen molar-refractivity contribution in [3.05, 3.63) is 47.0 Å². The maximum Gasteiger partial charge on any atom is 0.416 e. The molecule has 3 aromatic rings. The minimum absolute atomic E-state index is 0.0648. The summed E-state index contributed by atoms with van der Waals surface area (Å²) in [5.74, 6) is 0.551. The van der Waals surface area contributed by atoms with Crippen molar-refractivity contribution in [1.29, 1.82) is 0 Å². The van der Waals surface area contributed by atoms with E-state index in [1.165, 1.54) is 17.0 Å². The number of hydrogen-bond acceptors (Lipinski definition) is 5. The molecule has 0 saturated heterocycles. The highest BCUT2D eigenvalue weighted by atomic mass is 35.5. The third-order valence-electron chi connectivity index (χ3n) is 6.34. The van der Waals surface area contributed by atoms with Gasteiger partial charge in [-0.3, -0.25) is 0 Å². The Morgan fingerprint density at radius 1 is 1.24 bits per heavy atom. The van der Waals surface area contributed by atoms with Gasteiger partial charge in [-0.05, 0) is 67.3 Å². The highest BCUT2D eigenvalue weighted by Gasteiger charge is 2.31. The highest BCUT2D eigenvalue weighted by molar-refractivity contribution is 6.28. The van der Waals surface area contributed by atoms with E-state index in [1.54, 1.807) is 6.33 Å². The Bertz CT molecular complexity index is 1180. The summed E-state index contributed by atoms with van der Waals surface area (Å²) in [6.07, 6.45) is 0.209. The fourth-order valence-electron chi connectivity index (χ4n) is 4.54. The van der Waals surface area contributed by atoms with Gasteiger partial charge in [0.1, 0.15) is 5.52 Å². The fourth-order valence-corrected chi connectivity index (χ4v) is 4.71. The summed E-state index contributed by atoms with van der Waals surface area (Å²) in [5, 5.41) is 9.63. The molecule has 0 bridgehead atoms. The van der Waals surface area contributed by atoms with Crippen LogP contribution in [0.3, 0.4) is 0 Å². The number of alkyl halides is 3. The molecule has 34 heavy (non-hydrogen) atoms. The summed E-state index contributed by atoms with van der Waals surface area (Å²) in [4.78, 5) is 25.4. The standard InChI is InChI=1S/C22H24ClF3N6O2/c23-20-29-18(27)17-19(30-20)32(12-28-17)16-6-4-13(5-7-16)8-9-31(21(33)34)11-14-2-1-3-15(10-14)22(24,25)26/h1-3,10,12-13,16H,4-9,11H2,(H,33,34)(H2,27,29,30). The number of aromatic nitrogens is 4. The largest absolute Gasteiger partial charge is 0.465 e. The smallest absolute Gasteiger partial charge is 0.416 e. The zero-order valence-corrected chi connectivity index (χ0v) is 18.9. The third-order valence-corrected chi connectivity index (χ3v) is 6.51. The van der Waals surface area contributed by atoms with Crippen LogP contribution in [0.2, 0.25) is 5.28 Å². The van der Waals surface area contributed by atoms with Gasteiger partial charge in [0.2, 0.25) is 5.28 Å². The molecule has 2 heterocycles. The summed E-state index contributed by atoms with van der Waals surface area (Å²) >= 11 is 5.95. The molecule has 2 aromatic heterocycles. The molecule has 182 valence electrons. The minimum atomic E-state index is -4.47. The number of rotatable bonds is 6. The predicted molar refractivity (Wildman–Crippen MR) is 120 cm³/mol. The molecular weight excluding hydrogens is 473 g/mol. The van der Waals surface area contributed by atoms with Crippen molar-refractivity contribution >= 4 is 34.7 Å². The number of nitrogens with two attached hydrogens (primary N) is 1. The second kappa shape index (κ2) is 9.65. The molecule has 12 heteroatoms. The van der Waals surface area contributed by atoms with Crippen LogP contribution in [0.5, 0.6) is 0 Å². The normalized spacial score (nSPS) is 18.8. The molecule has 1 aromatic carbocycles. The van der Waals surface area contributed by atoms with Crippen LogP contribution in [-0.4, -0.2) is 42.2 Å². The van der Waals surface area contributed by atoms with Crippen LogP contribution in [0.4, 0.5) is 23.8 Å². The van der Waals surface area contributed by atoms with Crippen LogP contribution in [0.15, 0.2) is 30.6 Å².